The van der Waals surface area contributed by atoms with Gasteiger partial charge in [-0.05, 0) is 26.2 Å². The monoisotopic (exact) mass is 280 g/mol. The Morgan fingerprint density at radius 1 is 1.32 bits per heavy atom. The molecule has 0 aromatic heterocycles. The van der Waals surface area contributed by atoms with Gasteiger partial charge in [0.05, 0.1) is 12.0 Å². The van der Waals surface area contributed by atoms with Gasteiger partial charge < -0.3 is 15.4 Å². The SMILES string of the molecule is CC1OCCC1C(=O)NC1CCC(C(F)(F)F)NC1. The molecule has 2 saturated heterocycles. The lowest BCUT2D eigenvalue weighted by Crippen LogP contribution is -2.55. The van der Waals surface area contributed by atoms with Crippen LogP contribution in [0.1, 0.15) is 26.2 Å². The highest BCUT2D eigenvalue weighted by Crippen LogP contribution is 2.26. The van der Waals surface area contributed by atoms with Crippen molar-refractivity contribution in [3.05, 3.63) is 0 Å². The summed E-state index contributed by atoms with van der Waals surface area (Å²) in [6.45, 7) is 2.58. The molecule has 0 radical (unpaired) electrons. The van der Waals surface area contributed by atoms with Crippen LogP contribution in [0.5, 0.6) is 0 Å². The minimum atomic E-state index is -4.21. The Bertz CT molecular complexity index is 327. The third kappa shape index (κ3) is 3.60. The summed E-state index contributed by atoms with van der Waals surface area (Å²) in [5.41, 5.74) is 0. The van der Waals surface area contributed by atoms with E-state index in [1.165, 1.54) is 0 Å². The molecule has 2 N–H and O–H groups in total. The van der Waals surface area contributed by atoms with Crippen LogP contribution in [0, 0.1) is 5.92 Å². The van der Waals surface area contributed by atoms with Gasteiger partial charge in [-0.15, -0.1) is 0 Å². The Hall–Kier alpha value is -0.820. The second-order valence-electron chi connectivity index (χ2n) is 5.26. The van der Waals surface area contributed by atoms with Crippen molar-refractivity contribution >= 4 is 5.91 Å². The molecule has 2 rings (SSSR count). The van der Waals surface area contributed by atoms with E-state index in [0.29, 0.717) is 19.4 Å². The van der Waals surface area contributed by atoms with E-state index in [9.17, 15) is 18.0 Å². The van der Waals surface area contributed by atoms with Crippen LogP contribution in [0.25, 0.3) is 0 Å². The van der Waals surface area contributed by atoms with Crippen LogP contribution in [0.4, 0.5) is 13.2 Å². The van der Waals surface area contributed by atoms with Crippen LogP contribution >= 0.6 is 0 Å². The highest BCUT2D eigenvalue weighted by atomic mass is 19.4. The van der Waals surface area contributed by atoms with E-state index in [-0.39, 0.29) is 36.9 Å². The predicted octanol–water partition coefficient (Wildman–Crippen LogP) is 1.21. The van der Waals surface area contributed by atoms with Gasteiger partial charge in [-0.3, -0.25) is 4.79 Å². The molecule has 2 heterocycles. The van der Waals surface area contributed by atoms with Crippen molar-refractivity contribution in [3.63, 3.8) is 0 Å². The quantitative estimate of drug-likeness (QED) is 0.799. The largest absolute Gasteiger partial charge is 0.403 e. The minimum Gasteiger partial charge on any atom is -0.378 e. The maximum absolute atomic E-state index is 12.5. The van der Waals surface area contributed by atoms with Gasteiger partial charge >= 0.3 is 6.18 Å². The van der Waals surface area contributed by atoms with E-state index in [2.05, 4.69) is 10.6 Å². The lowest BCUT2D eigenvalue weighted by Gasteiger charge is -2.32. The lowest BCUT2D eigenvalue weighted by atomic mass is 9.97. The fourth-order valence-electron chi connectivity index (χ4n) is 2.64. The van der Waals surface area contributed by atoms with Crippen molar-refractivity contribution in [2.75, 3.05) is 13.2 Å². The first-order chi connectivity index (χ1) is 8.88. The van der Waals surface area contributed by atoms with Gasteiger partial charge in [0.1, 0.15) is 6.04 Å². The third-order valence-electron chi connectivity index (χ3n) is 3.87. The van der Waals surface area contributed by atoms with Gasteiger partial charge in [0.25, 0.3) is 0 Å². The molecule has 0 spiro atoms. The molecule has 0 aromatic rings. The second-order valence-corrected chi connectivity index (χ2v) is 5.26. The first-order valence-electron chi connectivity index (χ1n) is 6.60. The number of alkyl halides is 3. The van der Waals surface area contributed by atoms with Crippen LogP contribution in [0.3, 0.4) is 0 Å². The number of rotatable bonds is 2. The molecule has 4 unspecified atom stereocenters. The van der Waals surface area contributed by atoms with Gasteiger partial charge in [0.15, 0.2) is 0 Å². The van der Waals surface area contributed by atoms with Crippen molar-refractivity contribution in [1.82, 2.24) is 10.6 Å². The molecule has 19 heavy (non-hydrogen) atoms. The highest BCUT2D eigenvalue weighted by molar-refractivity contribution is 5.79. The molecular formula is C12H19F3N2O2. The maximum Gasteiger partial charge on any atom is 0.403 e. The summed E-state index contributed by atoms with van der Waals surface area (Å²) in [7, 11) is 0. The molecule has 0 aliphatic carbocycles. The molecule has 2 aliphatic heterocycles. The number of amides is 1. The van der Waals surface area contributed by atoms with Crippen molar-refractivity contribution in [3.8, 4) is 0 Å². The smallest absolute Gasteiger partial charge is 0.378 e. The van der Waals surface area contributed by atoms with E-state index in [4.69, 9.17) is 4.74 Å². The van der Waals surface area contributed by atoms with E-state index < -0.39 is 12.2 Å². The standard InChI is InChI=1S/C12H19F3N2O2/c1-7-9(4-5-19-7)11(18)17-8-2-3-10(16-6-8)12(13,14)15/h7-10,16H,2-6H2,1H3,(H,17,18). The zero-order chi connectivity index (χ0) is 14.0. The van der Waals surface area contributed by atoms with Gasteiger partial charge in [-0.1, -0.05) is 0 Å². The third-order valence-corrected chi connectivity index (χ3v) is 3.87. The molecular weight excluding hydrogens is 261 g/mol. The summed E-state index contributed by atoms with van der Waals surface area (Å²) < 4.78 is 42.7. The van der Waals surface area contributed by atoms with Crippen LogP contribution in [-0.4, -0.2) is 43.4 Å². The average molecular weight is 280 g/mol. The highest BCUT2D eigenvalue weighted by Gasteiger charge is 2.42. The van der Waals surface area contributed by atoms with Gasteiger partial charge in [0, 0.05) is 19.2 Å². The molecule has 2 fully saturated rings. The van der Waals surface area contributed by atoms with E-state index in [0.717, 1.165) is 0 Å². The number of ether oxygens (including phenoxy) is 1. The molecule has 0 saturated carbocycles. The molecule has 4 nitrogen and oxygen atoms in total. The zero-order valence-electron chi connectivity index (χ0n) is 10.8. The maximum atomic E-state index is 12.5. The fourth-order valence-corrected chi connectivity index (χ4v) is 2.64. The molecule has 110 valence electrons. The number of hydrogen-bond acceptors (Lipinski definition) is 3. The normalized spacial score (nSPS) is 36.2. The summed E-state index contributed by atoms with van der Waals surface area (Å²) >= 11 is 0. The van der Waals surface area contributed by atoms with Crippen LogP contribution < -0.4 is 10.6 Å². The number of hydrogen-bond donors (Lipinski definition) is 2. The molecule has 1 amide bonds. The fraction of sp³-hybridized carbons (Fsp3) is 0.917. The summed E-state index contributed by atoms with van der Waals surface area (Å²) in [6, 6.07) is -1.67. The Morgan fingerprint density at radius 3 is 2.53 bits per heavy atom. The molecule has 4 atom stereocenters. The Morgan fingerprint density at radius 2 is 2.05 bits per heavy atom. The first-order valence-corrected chi connectivity index (χ1v) is 6.60. The predicted molar refractivity (Wildman–Crippen MR) is 62.5 cm³/mol. The van der Waals surface area contributed by atoms with Crippen LogP contribution in [0.2, 0.25) is 0 Å². The van der Waals surface area contributed by atoms with Crippen molar-refractivity contribution in [2.45, 2.75) is 50.6 Å². The van der Waals surface area contributed by atoms with Gasteiger partial charge in [-0.2, -0.15) is 13.2 Å². The van der Waals surface area contributed by atoms with Crippen molar-refractivity contribution in [1.29, 1.82) is 0 Å². The summed E-state index contributed by atoms with van der Waals surface area (Å²) in [6.07, 6.45) is -3.28. The Balaban J connectivity index is 1.78. The number of carbonyl (C=O) groups excluding carboxylic acids is 1. The average Bonchev–Trinajstić information content (AvgIpc) is 2.75. The summed E-state index contributed by atoms with van der Waals surface area (Å²) in [4.78, 5) is 12.0. The molecule has 0 aromatic carbocycles. The number of carbonyl (C=O) groups is 1. The van der Waals surface area contributed by atoms with Crippen LogP contribution in [-0.2, 0) is 9.53 Å². The van der Waals surface area contributed by atoms with E-state index in [1.54, 1.807) is 0 Å². The summed E-state index contributed by atoms with van der Waals surface area (Å²) in [5.74, 6) is -0.289. The van der Waals surface area contributed by atoms with E-state index >= 15 is 0 Å². The second kappa shape index (κ2) is 5.66. The summed E-state index contributed by atoms with van der Waals surface area (Å²) in [5, 5.41) is 5.26. The zero-order valence-corrected chi connectivity index (χ0v) is 10.8. The van der Waals surface area contributed by atoms with Crippen molar-refractivity contribution in [2.24, 2.45) is 5.92 Å². The lowest BCUT2D eigenvalue weighted by molar-refractivity contribution is -0.161. The number of halogens is 3. The number of piperidine rings is 1. The Labute approximate surface area is 110 Å². The molecule has 0 bridgehead atoms. The van der Waals surface area contributed by atoms with Gasteiger partial charge in [0.2, 0.25) is 5.91 Å². The number of nitrogens with one attached hydrogen (secondary N) is 2. The topological polar surface area (TPSA) is 50.4 Å². The van der Waals surface area contributed by atoms with E-state index in [1.807, 2.05) is 6.92 Å². The van der Waals surface area contributed by atoms with Crippen LogP contribution in [0.15, 0.2) is 0 Å². The first kappa shape index (κ1) is 14.6. The molecule has 7 heteroatoms. The molecule has 2 aliphatic rings. The Kier molecular flexibility index (Phi) is 4.35. The van der Waals surface area contributed by atoms with Crippen molar-refractivity contribution < 1.29 is 22.7 Å². The van der Waals surface area contributed by atoms with Gasteiger partial charge in [-0.25, -0.2) is 0 Å². The minimum absolute atomic E-state index is 0.00513.